The maximum Gasteiger partial charge on any atom is 0.258 e. The van der Waals surface area contributed by atoms with Gasteiger partial charge in [0.25, 0.3) is 5.91 Å². The number of carbonyl (C=O) groups excluding carboxylic acids is 1. The zero-order valence-corrected chi connectivity index (χ0v) is 14.7. The number of nitrogens with zero attached hydrogens (tertiary/aromatic N) is 3. The van der Waals surface area contributed by atoms with E-state index in [2.05, 4.69) is 18.1 Å². The Morgan fingerprint density at radius 1 is 1.28 bits per heavy atom. The van der Waals surface area contributed by atoms with E-state index in [0.717, 1.165) is 43.7 Å². The molecule has 1 atom stereocenters. The topological polar surface area (TPSA) is 56.6 Å². The number of rotatable bonds is 3. The molecular formula is C19H23N3O3. The van der Waals surface area contributed by atoms with E-state index >= 15 is 0 Å². The number of ether oxygens (including phenoxy) is 2. The number of para-hydroxylation sites is 1. The Morgan fingerprint density at radius 2 is 2.16 bits per heavy atom. The van der Waals surface area contributed by atoms with Gasteiger partial charge in [-0.05, 0) is 51.3 Å². The monoisotopic (exact) mass is 341 g/mol. The second kappa shape index (κ2) is 6.43. The molecule has 6 heteroatoms. The summed E-state index contributed by atoms with van der Waals surface area (Å²) in [5.74, 6) is 1.24. The van der Waals surface area contributed by atoms with Crippen LogP contribution in [0.15, 0.2) is 24.3 Å². The van der Waals surface area contributed by atoms with Crippen molar-refractivity contribution in [1.29, 1.82) is 0 Å². The smallest absolute Gasteiger partial charge is 0.258 e. The van der Waals surface area contributed by atoms with Crippen LogP contribution in [0.5, 0.6) is 11.5 Å². The second-order valence-electron chi connectivity index (χ2n) is 6.80. The number of benzene rings is 1. The van der Waals surface area contributed by atoms with Crippen LogP contribution in [0.1, 0.15) is 41.0 Å². The molecule has 1 fully saturated rings. The van der Waals surface area contributed by atoms with E-state index in [1.54, 1.807) is 0 Å². The quantitative estimate of drug-likeness (QED) is 0.861. The summed E-state index contributed by atoms with van der Waals surface area (Å²) in [6.45, 7) is 5.74. The van der Waals surface area contributed by atoms with Crippen LogP contribution >= 0.6 is 0 Å². The van der Waals surface area contributed by atoms with Crippen LogP contribution in [0, 0.1) is 13.8 Å². The molecule has 1 aromatic carbocycles. The molecule has 2 aliphatic rings. The Labute approximate surface area is 147 Å². The van der Waals surface area contributed by atoms with Crippen molar-refractivity contribution in [1.82, 2.24) is 14.7 Å². The van der Waals surface area contributed by atoms with Gasteiger partial charge in [0.05, 0.1) is 23.8 Å². The number of amides is 1. The fourth-order valence-electron chi connectivity index (χ4n) is 3.77. The van der Waals surface area contributed by atoms with Gasteiger partial charge in [0.15, 0.2) is 11.5 Å². The molecule has 0 N–H and O–H groups in total. The van der Waals surface area contributed by atoms with Gasteiger partial charge in [0.1, 0.15) is 0 Å². The van der Waals surface area contributed by atoms with Gasteiger partial charge in [-0.25, -0.2) is 0 Å². The minimum Gasteiger partial charge on any atom is -0.454 e. The van der Waals surface area contributed by atoms with Gasteiger partial charge < -0.3 is 14.4 Å². The minimum absolute atomic E-state index is 0.0218. The van der Waals surface area contributed by atoms with Crippen LogP contribution in [-0.4, -0.2) is 40.0 Å². The number of likely N-dealkylation sites (tertiary alicyclic amines) is 1. The van der Waals surface area contributed by atoms with Crippen molar-refractivity contribution in [2.24, 2.45) is 0 Å². The van der Waals surface area contributed by atoms with Gasteiger partial charge in [0.2, 0.25) is 6.79 Å². The number of aromatic nitrogens is 2. The number of hydrogen-bond acceptors (Lipinski definition) is 4. The zero-order chi connectivity index (χ0) is 17.4. The summed E-state index contributed by atoms with van der Waals surface area (Å²) >= 11 is 0. The van der Waals surface area contributed by atoms with Crippen molar-refractivity contribution < 1.29 is 14.3 Å². The Balaban J connectivity index is 1.60. The third-order valence-corrected chi connectivity index (χ3v) is 5.00. The first-order valence-electron chi connectivity index (χ1n) is 8.84. The summed E-state index contributed by atoms with van der Waals surface area (Å²) in [5.41, 5.74) is 2.74. The first kappa shape index (κ1) is 16.0. The third kappa shape index (κ3) is 2.97. The van der Waals surface area contributed by atoms with Crippen molar-refractivity contribution in [3.63, 3.8) is 0 Å². The maximum atomic E-state index is 13.2. The molecule has 0 radical (unpaired) electrons. The normalized spacial score (nSPS) is 19.3. The van der Waals surface area contributed by atoms with Gasteiger partial charge in [0, 0.05) is 12.2 Å². The SMILES string of the molecule is Cc1cc(C)n(C[C@H]2CCCCN2C(=O)c2cccc3c2OCO3)n1. The summed E-state index contributed by atoms with van der Waals surface area (Å²) in [6, 6.07) is 7.73. The molecular weight excluding hydrogens is 318 g/mol. The Kier molecular flexibility index (Phi) is 4.11. The molecule has 6 nitrogen and oxygen atoms in total. The molecule has 1 aromatic heterocycles. The summed E-state index contributed by atoms with van der Waals surface area (Å²) in [7, 11) is 0. The first-order valence-corrected chi connectivity index (χ1v) is 8.84. The summed E-state index contributed by atoms with van der Waals surface area (Å²) in [6.07, 6.45) is 3.17. The summed E-state index contributed by atoms with van der Waals surface area (Å²) < 4.78 is 13.0. The van der Waals surface area contributed by atoms with Crippen molar-refractivity contribution >= 4 is 5.91 Å². The largest absolute Gasteiger partial charge is 0.454 e. The Morgan fingerprint density at radius 3 is 2.96 bits per heavy atom. The highest BCUT2D eigenvalue weighted by Gasteiger charge is 2.31. The van der Waals surface area contributed by atoms with Crippen molar-refractivity contribution in [3.05, 3.63) is 41.2 Å². The van der Waals surface area contributed by atoms with Crippen molar-refractivity contribution in [2.75, 3.05) is 13.3 Å². The van der Waals surface area contributed by atoms with E-state index in [1.165, 1.54) is 0 Å². The maximum absolute atomic E-state index is 13.2. The fraction of sp³-hybridized carbons (Fsp3) is 0.474. The van der Waals surface area contributed by atoms with E-state index in [-0.39, 0.29) is 18.7 Å². The molecule has 0 bridgehead atoms. The van der Waals surface area contributed by atoms with Crippen LogP contribution < -0.4 is 9.47 Å². The molecule has 1 amide bonds. The lowest BCUT2D eigenvalue weighted by atomic mass is 10.00. The second-order valence-corrected chi connectivity index (χ2v) is 6.80. The number of fused-ring (bicyclic) bond motifs is 1. The molecule has 2 aromatic rings. The van der Waals surface area contributed by atoms with Crippen LogP contribution in [-0.2, 0) is 6.54 Å². The molecule has 132 valence electrons. The zero-order valence-electron chi connectivity index (χ0n) is 14.7. The van der Waals surface area contributed by atoms with E-state index in [9.17, 15) is 4.79 Å². The third-order valence-electron chi connectivity index (χ3n) is 5.00. The minimum atomic E-state index is 0.0218. The van der Waals surface area contributed by atoms with Crippen LogP contribution in [0.25, 0.3) is 0 Å². The van der Waals surface area contributed by atoms with Crippen LogP contribution in [0.3, 0.4) is 0 Å². The molecule has 0 unspecified atom stereocenters. The molecule has 1 saturated heterocycles. The van der Waals surface area contributed by atoms with Gasteiger partial charge in [-0.2, -0.15) is 5.10 Å². The van der Waals surface area contributed by atoms with Crippen LogP contribution in [0.2, 0.25) is 0 Å². The summed E-state index contributed by atoms with van der Waals surface area (Å²) in [5, 5.41) is 4.56. The van der Waals surface area contributed by atoms with Crippen molar-refractivity contribution in [3.8, 4) is 11.5 Å². The van der Waals surface area contributed by atoms with Crippen molar-refractivity contribution in [2.45, 2.75) is 45.7 Å². The number of piperidine rings is 1. The Hall–Kier alpha value is -2.50. The Bertz CT molecular complexity index is 799. The predicted octanol–water partition coefficient (Wildman–Crippen LogP) is 2.92. The van der Waals surface area contributed by atoms with Crippen LogP contribution in [0.4, 0.5) is 0 Å². The molecule has 0 saturated carbocycles. The summed E-state index contributed by atoms with van der Waals surface area (Å²) in [4.78, 5) is 15.2. The average molecular weight is 341 g/mol. The lowest BCUT2D eigenvalue weighted by molar-refractivity contribution is 0.0578. The molecule has 2 aliphatic heterocycles. The average Bonchev–Trinajstić information content (AvgIpc) is 3.21. The lowest BCUT2D eigenvalue weighted by Crippen LogP contribution is -2.46. The fourth-order valence-corrected chi connectivity index (χ4v) is 3.77. The highest BCUT2D eigenvalue weighted by atomic mass is 16.7. The molecule has 25 heavy (non-hydrogen) atoms. The number of hydrogen-bond donors (Lipinski definition) is 0. The van der Waals surface area contributed by atoms with Gasteiger partial charge in [-0.15, -0.1) is 0 Å². The molecule has 4 rings (SSSR count). The van der Waals surface area contributed by atoms with Gasteiger partial charge in [-0.1, -0.05) is 6.07 Å². The van der Waals surface area contributed by atoms with E-state index < -0.39 is 0 Å². The van der Waals surface area contributed by atoms with E-state index in [0.29, 0.717) is 17.1 Å². The van der Waals surface area contributed by atoms with Gasteiger partial charge >= 0.3 is 0 Å². The lowest BCUT2D eigenvalue weighted by Gasteiger charge is -2.36. The first-order chi connectivity index (χ1) is 12.1. The van der Waals surface area contributed by atoms with E-state index in [1.807, 2.05) is 34.7 Å². The number of aryl methyl sites for hydroxylation is 2. The van der Waals surface area contributed by atoms with Gasteiger partial charge in [-0.3, -0.25) is 9.48 Å². The number of carbonyl (C=O) groups is 1. The predicted molar refractivity (Wildman–Crippen MR) is 92.9 cm³/mol. The van der Waals surface area contributed by atoms with E-state index in [4.69, 9.17) is 9.47 Å². The highest BCUT2D eigenvalue weighted by Crippen LogP contribution is 2.36. The molecule has 3 heterocycles. The molecule has 0 spiro atoms. The molecule has 0 aliphatic carbocycles. The standard InChI is InChI=1S/C19H23N3O3/c1-13-10-14(2)22(20-13)11-15-6-3-4-9-21(15)19(23)16-7-5-8-17-18(16)25-12-24-17/h5,7-8,10,15H,3-4,6,9,11-12H2,1-2H3/t15-/m1/s1. The highest BCUT2D eigenvalue weighted by molar-refractivity contribution is 5.98.